The van der Waals surface area contributed by atoms with E-state index < -0.39 is 36.0 Å². The number of halogens is 2. The summed E-state index contributed by atoms with van der Waals surface area (Å²) in [5.74, 6) is 0.492. The third kappa shape index (κ3) is 7.09. The Morgan fingerprint density at radius 3 is 1.60 bits per heavy atom. The molecule has 2 aliphatic carbocycles. The molecule has 4 rings (SSSR count). The van der Waals surface area contributed by atoms with Crippen LogP contribution in [0, 0.1) is 5.41 Å². The van der Waals surface area contributed by atoms with Crippen LogP contribution in [0.3, 0.4) is 0 Å². The van der Waals surface area contributed by atoms with Gasteiger partial charge in [-0.15, -0.1) is 0 Å². The molecule has 2 aromatic carbocycles. The van der Waals surface area contributed by atoms with Crippen LogP contribution < -0.4 is 0 Å². The van der Waals surface area contributed by atoms with E-state index >= 15 is 0 Å². The second-order valence-electron chi connectivity index (χ2n) is 12.4. The summed E-state index contributed by atoms with van der Waals surface area (Å²) in [6.07, 6.45) is 11.5. The molecule has 0 bridgehead atoms. The Labute approximate surface area is 273 Å². The summed E-state index contributed by atoms with van der Waals surface area (Å²) in [6.45, 7) is 14.6. The van der Waals surface area contributed by atoms with Crippen molar-refractivity contribution in [1.29, 1.82) is 0 Å². The zero-order valence-corrected chi connectivity index (χ0v) is 32.6. The van der Waals surface area contributed by atoms with Crippen molar-refractivity contribution >= 4 is 45.8 Å². The van der Waals surface area contributed by atoms with Crippen LogP contribution >= 0.6 is 17.0 Å². The molecule has 3 unspecified atom stereocenters. The zero-order valence-electron chi connectivity index (χ0n) is 26.6. The van der Waals surface area contributed by atoms with E-state index in [1.807, 2.05) is 0 Å². The maximum absolute atomic E-state index is 7.34. The normalized spacial score (nSPS) is 19.9. The van der Waals surface area contributed by atoms with Gasteiger partial charge >= 0.3 is 275 Å². The topological polar surface area (TPSA) is 18.5 Å². The van der Waals surface area contributed by atoms with E-state index in [1.165, 1.54) is 22.3 Å². The summed E-state index contributed by atoms with van der Waals surface area (Å²) in [5, 5.41) is 0. The predicted octanol–water partition coefficient (Wildman–Crippen LogP) is 11.7. The monoisotopic (exact) mass is 719 g/mol. The van der Waals surface area contributed by atoms with E-state index in [9.17, 15) is 0 Å². The molecular weight excluding hydrogens is 671 g/mol. The molecule has 0 aromatic heterocycles. The van der Waals surface area contributed by atoms with Gasteiger partial charge in [0.25, 0.3) is 0 Å². The van der Waals surface area contributed by atoms with E-state index in [-0.39, 0.29) is 21.1 Å². The van der Waals surface area contributed by atoms with E-state index in [2.05, 4.69) is 114 Å². The average Bonchev–Trinajstić information content (AvgIpc) is 3.67. The van der Waals surface area contributed by atoms with Gasteiger partial charge < -0.3 is 0 Å². The molecule has 2 nitrogen and oxygen atoms in total. The second kappa shape index (κ2) is 15.3. The molecule has 3 atom stereocenters. The molecule has 0 heterocycles. The van der Waals surface area contributed by atoms with Gasteiger partial charge in [0.1, 0.15) is 0 Å². The van der Waals surface area contributed by atoms with Crippen LogP contribution in [0.4, 0.5) is 0 Å². The number of hydrogen-bond donors (Lipinski definition) is 0. The van der Waals surface area contributed by atoms with Gasteiger partial charge in [-0.2, -0.15) is 0 Å². The van der Waals surface area contributed by atoms with Crippen LogP contribution in [-0.4, -0.2) is 27.1 Å². The summed E-state index contributed by atoms with van der Waals surface area (Å²) < 4.78 is 14.5. The maximum atomic E-state index is 7.34. The Hall–Kier alpha value is -0.263. The third-order valence-electron chi connectivity index (χ3n) is 10.9. The van der Waals surface area contributed by atoms with Crippen molar-refractivity contribution < 1.29 is 28.2 Å². The van der Waals surface area contributed by atoms with Crippen LogP contribution in [0.1, 0.15) is 88.5 Å². The van der Waals surface area contributed by atoms with Crippen molar-refractivity contribution in [1.82, 2.24) is 0 Å². The van der Waals surface area contributed by atoms with Gasteiger partial charge in [-0.3, -0.25) is 0 Å². The van der Waals surface area contributed by atoms with Gasteiger partial charge in [-0.25, -0.2) is 0 Å². The molecule has 0 amide bonds. The van der Waals surface area contributed by atoms with Crippen molar-refractivity contribution in [3.05, 3.63) is 82.9 Å². The SMILES string of the molecule is CC[Si](CC)(CC)OCC(CC[CH](O[Si](CC)(CC)CC)[Zr]([Cl])[Cl])(C1C=Cc2ccccc21)C1C=Cc2ccccc21. The van der Waals surface area contributed by atoms with Crippen LogP contribution in [0.25, 0.3) is 12.2 Å². The first-order chi connectivity index (χ1) is 20.3. The summed E-state index contributed by atoms with van der Waals surface area (Å²) in [5.41, 5.74) is 5.33. The number of hydrogen-bond acceptors (Lipinski definition) is 2. The Balaban J connectivity index is 1.83. The van der Waals surface area contributed by atoms with Gasteiger partial charge in [-0.05, 0) is 0 Å². The van der Waals surface area contributed by atoms with Crippen molar-refractivity contribution in [2.75, 3.05) is 6.61 Å². The Bertz CT molecular complexity index is 1150. The number of allylic oxidation sites excluding steroid dienone is 2. The van der Waals surface area contributed by atoms with Gasteiger partial charge in [0.05, 0.1) is 0 Å². The molecule has 229 valence electrons. The fourth-order valence-corrected chi connectivity index (χ4v) is 19.3. The summed E-state index contributed by atoms with van der Waals surface area (Å²) in [7, 11) is 10.2. The molecule has 0 aliphatic heterocycles. The van der Waals surface area contributed by atoms with Gasteiger partial charge in [0, 0.05) is 0 Å². The molecule has 2 aliphatic rings. The molecule has 0 saturated carbocycles. The van der Waals surface area contributed by atoms with Gasteiger partial charge in [-0.1, -0.05) is 0 Å². The molecule has 0 fully saturated rings. The van der Waals surface area contributed by atoms with Crippen LogP contribution in [0.15, 0.2) is 60.7 Å². The van der Waals surface area contributed by atoms with Gasteiger partial charge in [0.15, 0.2) is 0 Å². The number of rotatable bonds is 17. The molecule has 0 radical (unpaired) electrons. The van der Waals surface area contributed by atoms with Crippen molar-refractivity contribution in [2.24, 2.45) is 5.41 Å². The first-order valence-corrected chi connectivity index (χ1v) is 29.1. The van der Waals surface area contributed by atoms with E-state index in [0.717, 1.165) is 55.7 Å². The predicted molar refractivity (Wildman–Crippen MR) is 185 cm³/mol. The fraction of sp³-hybridized carbons (Fsp3) is 0.543. The Morgan fingerprint density at radius 2 is 1.17 bits per heavy atom. The molecule has 2 aromatic rings. The fourth-order valence-electron chi connectivity index (χ4n) is 7.52. The van der Waals surface area contributed by atoms with Crippen molar-refractivity contribution in [2.45, 2.75) is 106 Å². The Kier molecular flexibility index (Phi) is 12.6. The summed E-state index contributed by atoms with van der Waals surface area (Å²) in [6, 6.07) is 24.7. The van der Waals surface area contributed by atoms with Crippen LogP contribution in [0.5, 0.6) is 0 Å². The van der Waals surface area contributed by atoms with Crippen LogP contribution in [0.2, 0.25) is 36.3 Å². The molecular formula is C35H51Cl2O2Si2Zr. The third-order valence-corrected chi connectivity index (χ3v) is 25.8. The van der Waals surface area contributed by atoms with Crippen molar-refractivity contribution in [3.8, 4) is 0 Å². The number of fused-ring (bicyclic) bond motifs is 2. The minimum atomic E-state index is -2.74. The molecule has 42 heavy (non-hydrogen) atoms. The van der Waals surface area contributed by atoms with Gasteiger partial charge in [0.2, 0.25) is 0 Å². The average molecular weight is 722 g/mol. The quantitative estimate of drug-likeness (QED) is 0.151. The van der Waals surface area contributed by atoms with Crippen LogP contribution in [-0.2, 0) is 28.2 Å². The van der Waals surface area contributed by atoms with E-state index in [4.69, 9.17) is 25.9 Å². The molecule has 0 spiro atoms. The van der Waals surface area contributed by atoms with E-state index in [0.29, 0.717) is 0 Å². The summed E-state index contributed by atoms with van der Waals surface area (Å²) >= 11 is -2.74. The second-order valence-corrected chi connectivity index (χ2v) is 30.8. The molecule has 0 N–H and O–H groups in total. The minimum absolute atomic E-state index is 0.00778. The Morgan fingerprint density at radius 1 is 0.714 bits per heavy atom. The first-order valence-electron chi connectivity index (χ1n) is 16.3. The molecule has 0 saturated heterocycles. The first kappa shape index (κ1) is 34.6. The zero-order chi connectivity index (χ0) is 30.4. The van der Waals surface area contributed by atoms with Crippen molar-refractivity contribution in [3.63, 3.8) is 0 Å². The molecule has 7 heteroatoms. The van der Waals surface area contributed by atoms with E-state index in [1.54, 1.807) is 0 Å². The number of benzene rings is 2. The summed E-state index contributed by atoms with van der Waals surface area (Å²) in [4.78, 5) is 0. The standard InChI is InChI=1S/C35H51O2Si2.2ClH.Zr/c1-7-38(8-2,9-3)36-27-17-26-35(28-37-39(10-4,11-5)12-6,33-24-22-29-18-13-15-20-31(29)33)34-25-23-30-19-14-16-21-32(30)34;;;/h13-16,18-25,27,33-34H,7-12,17,26,28H2,1-6H3;2*1H;/q;;;+2/p-2.